The number of nitrogens with zero attached hydrogens (tertiary/aromatic N) is 1. The number of amides is 1. The number of carbonyl (C=O) groups excluding carboxylic acids is 1. The topological polar surface area (TPSA) is 50.9 Å². The van der Waals surface area contributed by atoms with Crippen molar-refractivity contribution < 1.29 is 14.6 Å². The van der Waals surface area contributed by atoms with Gasteiger partial charge in [0.05, 0.1) is 18.3 Å². The number of quaternary nitrogens is 2. The van der Waals surface area contributed by atoms with Crippen LogP contribution in [-0.4, -0.2) is 50.7 Å². The first-order valence-electron chi connectivity index (χ1n) is 9.56. The average molecular weight is 340 g/mol. The number of benzene rings is 1. The van der Waals surface area contributed by atoms with Gasteiger partial charge in [0.1, 0.15) is 26.2 Å². The number of nitrogens with one attached hydrogen (secondary N) is 3. The largest absolute Gasteiger partial charge is 0.328 e. The Morgan fingerprint density at radius 2 is 1.88 bits per heavy atom. The third-order valence-corrected chi connectivity index (χ3v) is 5.65. The van der Waals surface area contributed by atoms with E-state index in [1.165, 1.54) is 29.0 Å². The fourth-order valence-electron chi connectivity index (χ4n) is 4.13. The third kappa shape index (κ3) is 3.53. The molecule has 25 heavy (non-hydrogen) atoms. The molecule has 2 aliphatic rings. The first kappa shape index (κ1) is 16.5. The van der Waals surface area contributed by atoms with Crippen molar-refractivity contribution in [3.63, 3.8) is 0 Å². The summed E-state index contributed by atoms with van der Waals surface area (Å²) >= 11 is 0. The summed E-state index contributed by atoms with van der Waals surface area (Å²) in [6, 6.07) is 8.18. The quantitative estimate of drug-likeness (QED) is 0.703. The monoisotopic (exact) mass is 340 g/mol. The number of pyridine rings is 1. The highest BCUT2D eigenvalue weighted by Gasteiger charge is 2.24. The summed E-state index contributed by atoms with van der Waals surface area (Å²) in [5.74, 6) is 0.138. The van der Waals surface area contributed by atoms with Crippen LogP contribution in [0.3, 0.4) is 0 Å². The normalized spacial score (nSPS) is 23.2. The highest BCUT2D eigenvalue weighted by molar-refractivity contribution is 6.02. The molecule has 1 amide bonds. The number of piperazine rings is 1. The number of aromatic nitrogens is 1. The van der Waals surface area contributed by atoms with Crippen LogP contribution >= 0.6 is 0 Å². The van der Waals surface area contributed by atoms with Crippen molar-refractivity contribution in [1.82, 2.24) is 4.98 Å². The number of para-hydroxylation sites is 1. The number of rotatable bonds is 3. The molecule has 2 aromatic rings. The van der Waals surface area contributed by atoms with Gasteiger partial charge in [-0.2, -0.15) is 0 Å². The van der Waals surface area contributed by atoms with E-state index in [4.69, 9.17) is 4.98 Å². The standard InChI is InChI=1S/C20H26N4O/c1-23-10-12-24(13-11-23)14-19(25)22-20-15-6-2-4-8-17(15)21-18-9-5-3-7-16(18)20/h2,4,6,8H,3,5,7,9-14H2,1H3,(H,21,22,25)/p+2. The summed E-state index contributed by atoms with van der Waals surface area (Å²) in [6.07, 6.45) is 4.42. The van der Waals surface area contributed by atoms with E-state index in [1.54, 1.807) is 4.90 Å². The molecule has 0 saturated carbocycles. The van der Waals surface area contributed by atoms with Crippen molar-refractivity contribution >= 4 is 22.5 Å². The fraction of sp³-hybridized carbons (Fsp3) is 0.500. The van der Waals surface area contributed by atoms with Crippen molar-refractivity contribution in [2.75, 3.05) is 45.1 Å². The van der Waals surface area contributed by atoms with E-state index in [1.807, 2.05) is 18.2 Å². The lowest BCUT2D eigenvalue weighted by molar-refractivity contribution is -0.999. The first-order chi connectivity index (χ1) is 12.2. The van der Waals surface area contributed by atoms with E-state index in [-0.39, 0.29) is 5.91 Å². The summed E-state index contributed by atoms with van der Waals surface area (Å²) in [4.78, 5) is 20.5. The maximum atomic E-state index is 12.7. The second kappa shape index (κ2) is 7.10. The number of carbonyl (C=O) groups is 1. The molecular weight excluding hydrogens is 312 g/mol. The molecule has 5 nitrogen and oxygen atoms in total. The van der Waals surface area contributed by atoms with E-state index < -0.39 is 0 Å². The SMILES string of the molecule is C[NH+]1CC[NH+](CC(=O)Nc2c3c(nc4ccccc24)CCCC3)CC1. The number of fused-ring (bicyclic) bond motifs is 2. The van der Waals surface area contributed by atoms with Crippen LogP contribution in [0, 0.1) is 0 Å². The van der Waals surface area contributed by atoms with Gasteiger partial charge in [-0.15, -0.1) is 0 Å². The summed E-state index contributed by atoms with van der Waals surface area (Å²) in [5, 5.41) is 4.34. The number of hydrogen-bond donors (Lipinski definition) is 3. The number of anilines is 1. The Hall–Kier alpha value is -1.98. The predicted molar refractivity (Wildman–Crippen MR) is 99.2 cm³/mol. The molecule has 1 aliphatic carbocycles. The molecule has 5 heteroatoms. The molecule has 1 aromatic heterocycles. The molecule has 1 fully saturated rings. The Morgan fingerprint density at radius 1 is 1.12 bits per heavy atom. The molecule has 0 spiro atoms. The minimum absolute atomic E-state index is 0.138. The van der Waals surface area contributed by atoms with Crippen molar-refractivity contribution in [3.05, 3.63) is 35.5 Å². The van der Waals surface area contributed by atoms with E-state index in [2.05, 4.69) is 18.4 Å². The Morgan fingerprint density at radius 3 is 2.72 bits per heavy atom. The van der Waals surface area contributed by atoms with Crippen LogP contribution in [0.5, 0.6) is 0 Å². The molecule has 0 atom stereocenters. The summed E-state index contributed by atoms with van der Waals surface area (Å²) < 4.78 is 0. The molecule has 0 radical (unpaired) electrons. The lowest BCUT2D eigenvalue weighted by atomic mass is 9.92. The van der Waals surface area contributed by atoms with E-state index >= 15 is 0 Å². The van der Waals surface area contributed by atoms with Crippen molar-refractivity contribution in [1.29, 1.82) is 0 Å². The molecular formula is C20H28N4O+2. The van der Waals surface area contributed by atoms with Crippen LogP contribution in [-0.2, 0) is 17.6 Å². The Kier molecular flexibility index (Phi) is 4.68. The van der Waals surface area contributed by atoms with Gasteiger partial charge in [0, 0.05) is 11.1 Å². The fourth-order valence-corrected chi connectivity index (χ4v) is 4.13. The van der Waals surface area contributed by atoms with Gasteiger partial charge >= 0.3 is 0 Å². The second-order valence-corrected chi connectivity index (χ2v) is 7.57. The zero-order chi connectivity index (χ0) is 17.2. The highest BCUT2D eigenvalue weighted by Crippen LogP contribution is 2.33. The van der Waals surface area contributed by atoms with Gasteiger partial charge in [-0.25, -0.2) is 0 Å². The summed E-state index contributed by atoms with van der Waals surface area (Å²) in [7, 11) is 2.23. The van der Waals surface area contributed by atoms with Crippen LogP contribution in [0.25, 0.3) is 10.9 Å². The van der Waals surface area contributed by atoms with Crippen LogP contribution in [0.2, 0.25) is 0 Å². The molecule has 1 aromatic carbocycles. The first-order valence-corrected chi connectivity index (χ1v) is 9.56. The smallest absolute Gasteiger partial charge is 0.279 e. The minimum atomic E-state index is 0.138. The predicted octanol–water partition coefficient (Wildman–Crippen LogP) is -0.535. The molecule has 0 bridgehead atoms. The molecule has 3 N–H and O–H groups in total. The van der Waals surface area contributed by atoms with Gasteiger partial charge in [0.2, 0.25) is 0 Å². The maximum Gasteiger partial charge on any atom is 0.279 e. The number of hydrogen-bond acceptors (Lipinski definition) is 2. The maximum absolute atomic E-state index is 12.7. The number of aryl methyl sites for hydroxylation is 1. The number of likely N-dealkylation sites (N-methyl/N-ethyl adjacent to an activating group) is 1. The van der Waals surface area contributed by atoms with Crippen LogP contribution in [0.1, 0.15) is 24.1 Å². The minimum Gasteiger partial charge on any atom is -0.328 e. The molecule has 132 valence electrons. The summed E-state index contributed by atoms with van der Waals surface area (Å²) in [6.45, 7) is 5.02. The van der Waals surface area contributed by atoms with Crippen molar-refractivity contribution in [3.8, 4) is 0 Å². The Labute approximate surface area is 149 Å². The lowest BCUT2D eigenvalue weighted by Gasteiger charge is -2.27. The average Bonchev–Trinajstić information content (AvgIpc) is 2.63. The van der Waals surface area contributed by atoms with Crippen LogP contribution < -0.4 is 15.1 Å². The van der Waals surface area contributed by atoms with Gasteiger partial charge in [-0.3, -0.25) is 9.78 Å². The summed E-state index contributed by atoms with van der Waals surface area (Å²) in [5.41, 5.74) is 4.45. The Bertz CT molecular complexity index is 781. The molecule has 2 heterocycles. The van der Waals surface area contributed by atoms with E-state index in [9.17, 15) is 4.79 Å². The lowest BCUT2D eigenvalue weighted by Crippen LogP contribution is -3.27. The van der Waals surface area contributed by atoms with E-state index in [0.29, 0.717) is 6.54 Å². The third-order valence-electron chi connectivity index (χ3n) is 5.65. The molecule has 0 unspecified atom stereocenters. The molecule has 1 saturated heterocycles. The Balaban J connectivity index is 1.58. The van der Waals surface area contributed by atoms with Gasteiger partial charge in [0.25, 0.3) is 5.91 Å². The molecule has 4 rings (SSSR count). The van der Waals surface area contributed by atoms with Crippen LogP contribution in [0.4, 0.5) is 5.69 Å². The van der Waals surface area contributed by atoms with Gasteiger partial charge in [0.15, 0.2) is 6.54 Å². The van der Waals surface area contributed by atoms with Gasteiger partial charge in [-0.1, -0.05) is 18.2 Å². The van der Waals surface area contributed by atoms with Crippen molar-refractivity contribution in [2.24, 2.45) is 0 Å². The van der Waals surface area contributed by atoms with Gasteiger partial charge in [-0.05, 0) is 37.3 Å². The van der Waals surface area contributed by atoms with E-state index in [0.717, 1.165) is 55.6 Å². The zero-order valence-electron chi connectivity index (χ0n) is 15.0. The van der Waals surface area contributed by atoms with Crippen molar-refractivity contribution in [2.45, 2.75) is 25.7 Å². The second-order valence-electron chi connectivity index (χ2n) is 7.57. The van der Waals surface area contributed by atoms with Crippen LogP contribution in [0.15, 0.2) is 24.3 Å². The zero-order valence-corrected chi connectivity index (χ0v) is 15.0. The molecule has 1 aliphatic heterocycles. The van der Waals surface area contributed by atoms with Gasteiger partial charge < -0.3 is 15.1 Å². The highest BCUT2D eigenvalue weighted by atomic mass is 16.2.